The Bertz CT molecular complexity index is 488. The van der Waals surface area contributed by atoms with E-state index < -0.39 is 11.6 Å². The molecule has 1 saturated carbocycles. The van der Waals surface area contributed by atoms with Crippen molar-refractivity contribution >= 4 is 5.96 Å². The number of aliphatic imine (C=N–C) groups is 1. The highest BCUT2D eigenvalue weighted by atomic mass is 19.1. The summed E-state index contributed by atoms with van der Waals surface area (Å²) in [6.45, 7) is 0.761. The smallest absolute Gasteiger partial charge is 0.191 e. The second kappa shape index (κ2) is 7.81. The molecule has 1 aliphatic carbocycles. The zero-order valence-corrected chi connectivity index (χ0v) is 12.2. The molecule has 2 rings (SSSR count). The van der Waals surface area contributed by atoms with Crippen molar-refractivity contribution in [2.75, 3.05) is 20.2 Å². The van der Waals surface area contributed by atoms with Crippen molar-refractivity contribution in [3.8, 4) is 5.75 Å². The summed E-state index contributed by atoms with van der Waals surface area (Å²) in [5.41, 5.74) is 0. The van der Waals surface area contributed by atoms with Crippen LogP contribution < -0.4 is 15.4 Å². The van der Waals surface area contributed by atoms with E-state index in [9.17, 15) is 8.78 Å². The summed E-state index contributed by atoms with van der Waals surface area (Å²) >= 11 is 0. The summed E-state index contributed by atoms with van der Waals surface area (Å²) in [7, 11) is 1.71. The van der Waals surface area contributed by atoms with Gasteiger partial charge in [0.1, 0.15) is 12.4 Å². The van der Waals surface area contributed by atoms with E-state index in [-0.39, 0.29) is 12.4 Å². The van der Waals surface area contributed by atoms with Gasteiger partial charge in [0.15, 0.2) is 17.5 Å². The van der Waals surface area contributed by atoms with E-state index in [1.54, 1.807) is 7.05 Å². The van der Waals surface area contributed by atoms with Crippen LogP contribution in [0.5, 0.6) is 5.75 Å². The highest BCUT2D eigenvalue weighted by molar-refractivity contribution is 5.79. The molecule has 0 aromatic heterocycles. The SMILES string of the molecule is CN=C(NCCOc1ccc(F)cc1F)NC1CCCC1. The van der Waals surface area contributed by atoms with Gasteiger partial charge in [0.2, 0.25) is 0 Å². The van der Waals surface area contributed by atoms with Crippen molar-refractivity contribution in [2.24, 2.45) is 4.99 Å². The van der Waals surface area contributed by atoms with Gasteiger partial charge < -0.3 is 15.4 Å². The predicted octanol–water partition coefficient (Wildman–Crippen LogP) is 2.45. The lowest BCUT2D eigenvalue weighted by Crippen LogP contribution is -2.43. The number of ether oxygens (including phenoxy) is 1. The molecule has 0 amide bonds. The molecule has 0 aliphatic heterocycles. The molecular weight excluding hydrogens is 276 g/mol. The van der Waals surface area contributed by atoms with Crippen molar-refractivity contribution < 1.29 is 13.5 Å². The number of rotatable bonds is 5. The largest absolute Gasteiger partial charge is 0.489 e. The standard InChI is InChI=1S/C15H21F2N3O/c1-18-15(20-12-4-2-3-5-12)19-8-9-21-14-7-6-11(16)10-13(14)17/h6-7,10,12H,2-5,8-9H2,1H3,(H2,18,19,20). The number of benzene rings is 1. The first-order valence-electron chi connectivity index (χ1n) is 7.24. The van der Waals surface area contributed by atoms with Crippen LogP contribution in [0, 0.1) is 11.6 Å². The molecule has 1 aromatic rings. The Morgan fingerprint density at radius 3 is 2.76 bits per heavy atom. The molecule has 4 nitrogen and oxygen atoms in total. The highest BCUT2D eigenvalue weighted by Gasteiger charge is 2.15. The van der Waals surface area contributed by atoms with Gasteiger partial charge in [-0.2, -0.15) is 0 Å². The summed E-state index contributed by atoms with van der Waals surface area (Å²) in [5.74, 6) is -0.523. The van der Waals surface area contributed by atoms with Crippen molar-refractivity contribution in [2.45, 2.75) is 31.7 Å². The number of guanidine groups is 1. The van der Waals surface area contributed by atoms with Crippen LogP contribution in [0.25, 0.3) is 0 Å². The molecule has 6 heteroatoms. The number of hydrogen-bond donors (Lipinski definition) is 2. The lowest BCUT2D eigenvalue weighted by atomic mass is 10.2. The second-order valence-corrected chi connectivity index (χ2v) is 5.05. The average molecular weight is 297 g/mol. The maximum atomic E-state index is 13.4. The third-order valence-corrected chi connectivity index (χ3v) is 3.47. The first kappa shape index (κ1) is 15.5. The molecule has 0 unspecified atom stereocenters. The van der Waals surface area contributed by atoms with Crippen molar-refractivity contribution in [3.63, 3.8) is 0 Å². The molecule has 1 aromatic carbocycles. The molecule has 0 spiro atoms. The lowest BCUT2D eigenvalue weighted by Gasteiger charge is -2.17. The van der Waals surface area contributed by atoms with Gasteiger partial charge in [0, 0.05) is 19.2 Å². The minimum absolute atomic E-state index is 0.0527. The third-order valence-electron chi connectivity index (χ3n) is 3.47. The van der Waals surface area contributed by atoms with E-state index in [2.05, 4.69) is 15.6 Å². The van der Waals surface area contributed by atoms with Gasteiger partial charge in [-0.25, -0.2) is 8.78 Å². The van der Waals surface area contributed by atoms with E-state index in [4.69, 9.17) is 4.74 Å². The summed E-state index contributed by atoms with van der Waals surface area (Å²) in [5, 5.41) is 6.46. The molecule has 0 saturated heterocycles. The Balaban J connectivity index is 1.70. The van der Waals surface area contributed by atoms with Crippen LogP contribution in [-0.2, 0) is 0 Å². The summed E-state index contributed by atoms with van der Waals surface area (Å²) in [6.07, 6.45) is 4.83. The molecule has 0 atom stereocenters. The summed E-state index contributed by atoms with van der Waals surface area (Å²) in [6, 6.07) is 3.75. The molecule has 1 fully saturated rings. The molecule has 2 N–H and O–H groups in total. The Hall–Kier alpha value is -1.85. The van der Waals surface area contributed by atoms with Gasteiger partial charge in [-0.3, -0.25) is 4.99 Å². The summed E-state index contributed by atoms with van der Waals surface area (Å²) in [4.78, 5) is 4.14. The van der Waals surface area contributed by atoms with Crippen LogP contribution in [0.15, 0.2) is 23.2 Å². The number of nitrogens with zero attached hydrogens (tertiary/aromatic N) is 1. The Morgan fingerprint density at radius 2 is 2.10 bits per heavy atom. The number of nitrogens with one attached hydrogen (secondary N) is 2. The molecule has 1 aliphatic rings. The highest BCUT2D eigenvalue weighted by Crippen LogP contribution is 2.18. The molecule has 0 heterocycles. The van der Waals surface area contributed by atoms with E-state index in [0.717, 1.165) is 24.9 Å². The first-order chi connectivity index (χ1) is 10.2. The molecule has 116 valence electrons. The normalized spacial score (nSPS) is 16.0. The summed E-state index contributed by atoms with van der Waals surface area (Å²) < 4.78 is 31.4. The van der Waals surface area contributed by atoms with Crippen molar-refractivity contribution in [3.05, 3.63) is 29.8 Å². The fourth-order valence-electron chi connectivity index (χ4n) is 2.38. The first-order valence-corrected chi connectivity index (χ1v) is 7.24. The topological polar surface area (TPSA) is 45.7 Å². The van der Waals surface area contributed by atoms with Crippen LogP contribution in [0.3, 0.4) is 0 Å². The molecule has 0 radical (unpaired) electrons. The fraction of sp³-hybridized carbons (Fsp3) is 0.533. The van der Waals surface area contributed by atoms with Crippen LogP contribution >= 0.6 is 0 Å². The van der Waals surface area contributed by atoms with Gasteiger partial charge in [-0.15, -0.1) is 0 Å². The van der Waals surface area contributed by atoms with Crippen molar-refractivity contribution in [1.29, 1.82) is 0 Å². The third kappa shape index (κ3) is 4.88. The number of hydrogen-bond acceptors (Lipinski definition) is 2. The van der Waals surface area contributed by atoms with Gasteiger partial charge in [-0.05, 0) is 25.0 Å². The van der Waals surface area contributed by atoms with Crippen LogP contribution in [0.2, 0.25) is 0 Å². The molecular formula is C15H21F2N3O. The molecule has 0 bridgehead atoms. The Labute approximate surface area is 123 Å². The van der Waals surface area contributed by atoms with Gasteiger partial charge in [0.05, 0.1) is 6.54 Å². The Morgan fingerprint density at radius 1 is 1.33 bits per heavy atom. The van der Waals surface area contributed by atoms with Crippen LogP contribution in [0.1, 0.15) is 25.7 Å². The lowest BCUT2D eigenvalue weighted by molar-refractivity contribution is 0.304. The van der Waals surface area contributed by atoms with E-state index >= 15 is 0 Å². The minimum atomic E-state index is -0.691. The number of halogens is 2. The maximum Gasteiger partial charge on any atom is 0.191 e. The molecule has 21 heavy (non-hydrogen) atoms. The second-order valence-electron chi connectivity index (χ2n) is 5.05. The van der Waals surface area contributed by atoms with Crippen LogP contribution in [0.4, 0.5) is 8.78 Å². The fourth-order valence-corrected chi connectivity index (χ4v) is 2.38. The van der Waals surface area contributed by atoms with Gasteiger partial charge in [0.25, 0.3) is 0 Å². The average Bonchev–Trinajstić information content (AvgIpc) is 2.97. The monoisotopic (exact) mass is 297 g/mol. The predicted molar refractivity (Wildman–Crippen MR) is 78.6 cm³/mol. The minimum Gasteiger partial charge on any atom is -0.489 e. The van der Waals surface area contributed by atoms with Crippen LogP contribution in [-0.4, -0.2) is 32.2 Å². The van der Waals surface area contributed by atoms with Gasteiger partial charge >= 0.3 is 0 Å². The van der Waals surface area contributed by atoms with Gasteiger partial charge in [-0.1, -0.05) is 12.8 Å². The zero-order chi connectivity index (χ0) is 15.1. The van der Waals surface area contributed by atoms with Crippen molar-refractivity contribution in [1.82, 2.24) is 10.6 Å². The van der Waals surface area contributed by atoms with E-state index in [1.807, 2.05) is 0 Å². The van der Waals surface area contributed by atoms with E-state index in [1.165, 1.54) is 25.0 Å². The quantitative estimate of drug-likeness (QED) is 0.498. The van der Waals surface area contributed by atoms with E-state index in [0.29, 0.717) is 12.6 Å². The maximum absolute atomic E-state index is 13.4. The zero-order valence-electron chi connectivity index (χ0n) is 12.2. The Kier molecular flexibility index (Phi) is 5.78.